The Labute approximate surface area is 173 Å². The van der Waals surface area contributed by atoms with E-state index in [2.05, 4.69) is 0 Å². The Morgan fingerprint density at radius 2 is 1.67 bits per heavy atom. The van der Waals surface area contributed by atoms with Gasteiger partial charge in [-0.15, -0.1) is 0 Å². The molecule has 6 N–H and O–H groups in total. The van der Waals surface area contributed by atoms with Crippen molar-refractivity contribution < 1.29 is 40.2 Å². The van der Waals surface area contributed by atoms with Crippen LogP contribution >= 0.6 is 0 Å². The minimum absolute atomic E-state index is 0.0293. The number of ether oxygens (including phenoxy) is 1. The molecular weight excluding hydrogens is 392 g/mol. The largest absolute Gasteiger partial charge is 0.508 e. The van der Waals surface area contributed by atoms with Crippen LogP contribution in [-0.2, 0) is 11.2 Å². The Balaban J connectivity index is 1.91. The van der Waals surface area contributed by atoms with Crippen molar-refractivity contribution in [3.05, 3.63) is 58.7 Å². The molecule has 3 rings (SSSR count). The normalized spacial score (nSPS) is 26.5. The van der Waals surface area contributed by atoms with Gasteiger partial charge in [0, 0.05) is 18.1 Å². The zero-order valence-corrected chi connectivity index (χ0v) is 16.5. The summed E-state index contributed by atoms with van der Waals surface area (Å²) in [6, 6.07) is 9.82. The lowest BCUT2D eigenvalue weighted by Gasteiger charge is -2.40. The van der Waals surface area contributed by atoms with Crippen LogP contribution in [0.25, 0.3) is 0 Å². The van der Waals surface area contributed by atoms with Gasteiger partial charge in [-0.1, -0.05) is 29.8 Å². The van der Waals surface area contributed by atoms with Gasteiger partial charge >= 0.3 is 0 Å². The first-order valence-electron chi connectivity index (χ1n) is 9.68. The van der Waals surface area contributed by atoms with Gasteiger partial charge in [0.25, 0.3) is 0 Å². The van der Waals surface area contributed by atoms with Crippen LogP contribution in [0.4, 0.5) is 0 Å². The molecule has 1 saturated heterocycles. The third-order valence-corrected chi connectivity index (χ3v) is 5.37. The molecule has 0 aromatic heterocycles. The van der Waals surface area contributed by atoms with Crippen LogP contribution in [-0.4, -0.2) is 67.4 Å². The number of ketones is 1. The zero-order valence-electron chi connectivity index (χ0n) is 16.5. The van der Waals surface area contributed by atoms with Crippen molar-refractivity contribution in [3.8, 4) is 11.5 Å². The smallest absolute Gasteiger partial charge is 0.167 e. The van der Waals surface area contributed by atoms with Crippen LogP contribution in [0, 0.1) is 6.92 Å². The number of aryl methyl sites for hydroxylation is 2. The number of phenols is 2. The van der Waals surface area contributed by atoms with E-state index in [1.807, 2.05) is 31.2 Å². The van der Waals surface area contributed by atoms with E-state index in [0.717, 1.165) is 23.3 Å². The highest BCUT2D eigenvalue weighted by molar-refractivity contribution is 6.00. The zero-order chi connectivity index (χ0) is 22.0. The van der Waals surface area contributed by atoms with E-state index in [9.17, 15) is 35.4 Å². The molecule has 30 heavy (non-hydrogen) atoms. The topological polar surface area (TPSA) is 148 Å². The summed E-state index contributed by atoms with van der Waals surface area (Å²) in [5, 5.41) is 60.1. The van der Waals surface area contributed by atoms with Crippen LogP contribution in [0.2, 0.25) is 0 Å². The number of Topliss-reactive ketones (excluding diaryl/α,β-unsaturated/α-hetero) is 1. The Morgan fingerprint density at radius 3 is 2.30 bits per heavy atom. The standard InChI is InChI=1S/C22H26O8/c1-11-2-4-12(5-3-11)6-7-15(25)18-14(8-13(24)9-16(18)26)22-21(29)20(28)19(27)17(10-23)30-22/h2-5,8-9,17,19-24,26-29H,6-7,10H2,1H3. The van der Waals surface area contributed by atoms with Gasteiger partial charge < -0.3 is 35.4 Å². The number of carbonyl (C=O) groups is 1. The first kappa shape index (κ1) is 22.2. The highest BCUT2D eigenvalue weighted by atomic mass is 16.5. The van der Waals surface area contributed by atoms with Gasteiger partial charge in [0.2, 0.25) is 0 Å². The van der Waals surface area contributed by atoms with Gasteiger partial charge in [-0.05, 0) is 25.0 Å². The highest BCUT2D eigenvalue weighted by Gasteiger charge is 2.45. The van der Waals surface area contributed by atoms with Gasteiger partial charge in [0.1, 0.15) is 42.0 Å². The molecule has 1 heterocycles. The average Bonchev–Trinajstić information content (AvgIpc) is 2.71. The molecule has 5 unspecified atom stereocenters. The summed E-state index contributed by atoms with van der Waals surface area (Å²) >= 11 is 0. The van der Waals surface area contributed by atoms with Crippen LogP contribution < -0.4 is 0 Å². The number of hydrogen-bond donors (Lipinski definition) is 6. The molecule has 0 aliphatic carbocycles. The van der Waals surface area contributed by atoms with Crippen molar-refractivity contribution >= 4 is 5.78 Å². The number of aliphatic hydroxyl groups excluding tert-OH is 4. The fourth-order valence-electron chi connectivity index (χ4n) is 3.66. The fraction of sp³-hybridized carbons (Fsp3) is 0.409. The number of hydrogen-bond acceptors (Lipinski definition) is 8. The van der Waals surface area contributed by atoms with Crippen molar-refractivity contribution in [2.24, 2.45) is 0 Å². The van der Waals surface area contributed by atoms with Crippen LogP contribution in [0.1, 0.15) is 39.6 Å². The Kier molecular flexibility index (Phi) is 6.74. The first-order valence-corrected chi connectivity index (χ1v) is 9.68. The predicted molar refractivity (Wildman–Crippen MR) is 106 cm³/mol. The van der Waals surface area contributed by atoms with E-state index in [1.165, 1.54) is 0 Å². The highest BCUT2D eigenvalue weighted by Crippen LogP contribution is 2.39. The second-order valence-electron chi connectivity index (χ2n) is 7.59. The molecule has 1 aliphatic heterocycles. The molecular formula is C22H26O8. The van der Waals surface area contributed by atoms with Crippen molar-refractivity contribution in [1.82, 2.24) is 0 Å². The number of aliphatic hydroxyl groups is 4. The molecule has 0 saturated carbocycles. The maximum Gasteiger partial charge on any atom is 0.167 e. The summed E-state index contributed by atoms with van der Waals surface area (Å²) in [5.41, 5.74) is 1.84. The summed E-state index contributed by atoms with van der Waals surface area (Å²) in [6.45, 7) is 1.32. The van der Waals surface area contributed by atoms with E-state index in [4.69, 9.17) is 4.74 Å². The molecule has 1 fully saturated rings. The van der Waals surface area contributed by atoms with E-state index < -0.39 is 48.7 Å². The average molecular weight is 418 g/mol. The monoisotopic (exact) mass is 418 g/mol. The number of benzene rings is 2. The number of rotatable bonds is 6. The Morgan fingerprint density at radius 1 is 1.00 bits per heavy atom. The van der Waals surface area contributed by atoms with E-state index in [0.29, 0.717) is 6.42 Å². The van der Waals surface area contributed by atoms with E-state index >= 15 is 0 Å². The molecule has 8 heteroatoms. The van der Waals surface area contributed by atoms with Gasteiger partial charge in [0.15, 0.2) is 5.78 Å². The second-order valence-corrected chi connectivity index (χ2v) is 7.59. The van der Waals surface area contributed by atoms with Gasteiger partial charge in [-0.3, -0.25) is 4.79 Å². The lowest BCUT2D eigenvalue weighted by Crippen LogP contribution is -2.55. The third kappa shape index (κ3) is 4.48. The Hall–Kier alpha value is -2.49. The molecule has 0 spiro atoms. The molecule has 0 bridgehead atoms. The molecule has 1 aliphatic rings. The minimum atomic E-state index is -1.65. The summed E-state index contributed by atoms with van der Waals surface area (Å²) in [7, 11) is 0. The second kappa shape index (κ2) is 9.11. The fourth-order valence-corrected chi connectivity index (χ4v) is 3.66. The quantitative estimate of drug-likeness (QED) is 0.376. The van der Waals surface area contributed by atoms with Crippen molar-refractivity contribution in [2.45, 2.75) is 50.3 Å². The molecule has 162 valence electrons. The van der Waals surface area contributed by atoms with Crippen LogP contribution in [0.15, 0.2) is 36.4 Å². The molecule has 2 aromatic carbocycles. The summed E-state index contributed by atoms with van der Waals surface area (Å²) < 4.78 is 5.51. The van der Waals surface area contributed by atoms with Crippen LogP contribution in [0.3, 0.4) is 0 Å². The lowest BCUT2D eigenvalue weighted by molar-refractivity contribution is -0.231. The number of carbonyl (C=O) groups excluding carboxylic acids is 1. The van der Waals surface area contributed by atoms with Crippen molar-refractivity contribution in [2.75, 3.05) is 6.61 Å². The van der Waals surface area contributed by atoms with Gasteiger partial charge in [0.05, 0.1) is 12.2 Å². The van der Waals surface area contributed by atoms with Crippen LogP contribution in [0.5, 0.6) is 11.5 Å². The summed E-state index contributed by atoms with van der Waals surface area (Å²) in [5.74, 6) is -1.30. The third-order valence-electron chi connectivity index (χ3n) is 5.37. The minimum Gasteiger partial charge on any atom is -0.508 e. The maximum absolute atomic E-state index is 12.9. The van der Waals surface area contributed by atoms with Crippen molar-refractivity contribution in [1.29, 1.82) is 0 Å². The Bertz CT molecular complexity index is 893. The number of aromatic hydroxyl groups is 2. The maximum atomic E-state index is 12.9. The van der Waals surface area contributed by atoms with E-state index in [-0.39, 0.29) is 23.3 Å². The SMILES string of the molecule is Cc1ccc(CCC(=O)c2c(O)cc(O)cc2C2OC(CO)C(O)C(O)C2O)cc1. The number of phenolic OH excluding ortho intramolecular Hbond substituents is 2. The van der Waals surface area contributed by atoms with E-state index in [1.54, 1.807) is 0 Å². The molecule has 0 amide bonds. The molecule has 5 atom stereocenters. The molecule has 0 radical (unpaired) electrons. The molecule has 8 nitrogen and oxygen atoms in total. The van der Waals surface area contributed by atoms with Gasteiger partial charge in [-0.25, -0.2) is 0 Å². The lowest BCUT2D eigenvalue weighted by atomic mass is 9.87. The summed E-state index contributed by atoms with van der Waals surface area (Å²) in [4.78, 5) is 12.9. The predicted octanol–water partition coefficient (Wildman–Crippen LogP) is 0.737. The molecule has 2 aromatic rings. The summed E-state index contributed by atoms with van der Waals surface area (Å²) in [6.07, 6.45) is -6.94. The first-order chi connectivity index (χ1) is 14.2. The van der Waals surface area contributed by atoms with Crippen molar-refractivity contribution in [3.63, 3.8) is 0 Å². The van der Waals surface area contributed by atoms with Gasteiger partial charge in [-0.2, -0.15) is 0 Å².